The molecular weight excluding hydrogens is 430 g/mol. The predicted molar refractivity (Wildman–Crippen MR) is 124 cm³/mol. The van der Waals surface area contributed by atoms with E-state index in [0.29, 0.717) is 40.2 Å². The van der Waals surface area contributed by atoms with Crippen molar-refractivity contribution in [3.8, 4) is 17.2 Å². The van der Waals surface area contributed by atoms with E-state index in [2.05, 4.69) is 5.16 Å². The van der Waals surface area contributed by atoms with E-state index in [4.69, 9.17) is 31.0 Å². The number of hydrogen-bond donors (Lipinski definition) is 1. The summed E-state index contributed by atoms with van der Waals surface area (Å²) in [5.41, 5.74) is 2.03. The van der Waals surface area contributed by atoms with E-state index in [1.54, 1.807) is 48.5 Å². The van der Waals surface area contributed by atoms with Crippen LogP contribution in [0.5, 0.6) is 17.2 Å². The van der Waals surface area contributed by atoms with Gasteiger partial charge in [0, 0.05) is 10.6 Å². The van der Waals surface area contributed by atoms with Gasteiger partial charge in [-0.2, -0.15) is 0 Å². The van der Waals surface area contributed by atoms with Gasteiger partial charge in [-0.05, 0) is 60.5 Å². The first-order valence-corrected chi connectivity index (χ1v) is 10.6. The van der Waals surface area contributed by atoms with Crippen LogP contribution in [-0.4, -0.2) is 30.0 Å². The quantitative estimate of drug-likeness (QED) is 0.220. The van der Waals surface area contributed by atoms with Crippen LogP contribution in [0.25, 0.3) is 0 Å². The van der Waals surface area contributed by atoms with Gasteiger partial charge in [-0.3, -0.25) is 4.79 Å². The number of carboxylic acids is 1. The summed E-state index contributed by atoms with van der Waals surface area (Å²) in [4.78, 5) is 16.4. The van der Waals surface area contributed by atoms with Crippen LogP contribution < -0.4 is 9.47 Å². The number of oxime groups is 1. The summed E-state index contributed by atoms with van der Waals surface area (Å²) in [6.45, 7) is 2.63. The third kappa shape index (κ3) is 7.32. The maximum Gasteiger partial charge on any atom is 0.307 e. The zero-order valence-corrected chi connectivity index (χ0v) is 18.4. The third-order valence-electron chi connectivity index (χ3n) is 4.32. The maximum atomic E-state index is 11.0. The summed E-state index contributed by atoms with van der Waals surface area (Å²) in [6, 6.07) is 21.6. The molecule has 0 saturated carbocycles. The van der Waals surface area contributed by atoms with Crippen molar-refractivity contribution in [2.24, 2.45) is 5.16 Å². The molecule has 0 bridgehead atoms. The lowest BCUT2D eigenvalue weighted by Gasteiger charge is -2.12. The Kier molecular flexibility index (Phi) is 8.52. The Hall–Kier alpha value is -3.51. The van der Waals surface area contributed by atoms with Gasteiger partial charge in [0.15, 0.2) is 0 Å². The Morgan fingerprint density at radius 3 is 2.47 bits per heavy atom. The fourth-order valence-electron chi connectivity index (χ4n) is 2.83. The van der Waals surface area contributed by atoms with Crippen LogP contribution in [0.1, 0.15) is 24.5 Å². The number of carboxylic acid groups (broad SMARTS) is 1. The standard InChI is InChI=1S/C25H24ClNO5/c1-2-13-31-27-24(17-30-22-7-3-5-18(14-22)15-25(28)29)19-6-4-8-23(16-19)32-21-11-9-20(26)10-12-21/h3-12,14,16H,2,13,15,17H2,1H3,(H,28,29)/b27-24+. The van der Waals surface area contributed by atoms with E-state index in [9.17, 15) is 4.79 Å². The molecule has 7 heteroatoms. The highest BCUT2D eigenvalue weighted by Crippen LogP contribution is 2.24. The summed E-state index contributed by atoms with van der Waals surface area (Å²) in [5.74, 6) is 0.964. The Morgan fingerprint density at radius 2 is 1.72 bits per heavy atom. The van der Waals surface area contributed by atoms with Gasteiger partial charge in [0.2, 0.25) is 0 Å². The van der Waals surface area contributed by atoms with Crippen molar-refractivity contribution >= 4 is 23.3 Å². The molecule has 0 aliphatic heterocycles. The highest BCUT2D eigenvalue weighted by atomic mass is 35.5. The van der Waals surface area contributed by atoms with Crippen LogP contribution in [0.3, 0.4) is 0 Å². The average molecular weight is 454 g/mol. The molecule has 32 heavy (non-hydrogen) atoms. The number of ether oxygens (including phenoxy) is 2. The first-order valence-electron chi connectivity index (χ1n) is 10.2. The van der Waals surface area contributed by atoms with Crippen molar-refractivity contribution in [2.75, 3.05) is 13.2 Å². The highest BCUT2D eigenvalue weighted by molar-refractivity contribution is 6.30. The molecule has 3 rings (SSSR count). The number of nitrogens with zero attached hydrogens (tertiary/aromatic N) is 1. The number of rotatable bonds is 11. The molecule has 0 aliphatic carbocycles. The molecule has 1 N–H and O–H groups in total. The lowest BCUT2D eigenvalue weighted by Crippen LogP contribution is -2.14. The van der Waals surface area contributed by atoms with Gasteiger partial charge >= 0.3 is 5.97 Å². The van der Waals surface area contributed by atoms with Gasteiger partial charge in [0.25, 0.3) is 0 Å². The van der Waals surface area contributed by atoms with Crippen molar-refractivity contribution in [3.05, 3.63) is 88.9 Å². The van der Waals surface area contributed by atoms with Crippen LogP contribution in [0, 0.1) is 0 Å². The Bertz CT molecular complexity index is 1070. The molecule has 0 unspecified atom stereocenters. The summed E-state index contributed by atoms with van der Waals surface area (Å²) in [7, 11) is 0. The highest BCUT2D eigenvalue weighted by Gasteiger charge is 2.10. The molecule has 6 nitrogen and oxygen atoms in total. The van der Waals surface area contributed by atoms with Crippen LogP contribution in [0.2, 0.25) is 5.02 Å². The lowest BCUT2D eigenvalue weighted by atomic mass is 10.1. The van der Waals surface area contributed by atoms with Gasteiger partial charge in [-0.15, -0.1) is 0 Å². The average Bonchev–Trinajstić information content (AvgIpc) is 2.78. The summed E-state index contributed by atoms with van der Waals surface area (Å²) >= 11 is 5.93. The molecule has 0 heterocycles. The number of halogens is 1. The molecule has 0 aliphatic rings. The minimum atomic E-state index is -0.894. The minimum Gasteiger partial charge on any atom is -0.487 e. The predicted octanol–water partition coefficient (Wildman–Crippen LogP) is 5.97. The SMILES string of the molecule is CCCO/N=C(\COc1cccc(CC(=O)O)c1)c1cccc(Oc2ccc(Cl)cc2)c1. The fourth-order valence-corrected chi connectivity index (χ4v) is 2.95. The first-order chi connectivity index (χ1) is 15.5. The molecular formula is C25H24ClNO5. The molecule has 0 saturated heterocycles. The Morgan fingerprint density at radius 1 is 0.969 bits per heavy atom. The molecule has 0 fully saturated rings. The fraction of sp³-hybridized carbons (Fsp3) is 0.200. The normalized spacial score (nSPS) is 11.1. The van der Waals surface area contributed by atoms with Crippen molar-refractivity contribution in [1.29, 1.82) is 0 Å². The first kappa shape index (κ1) is 23.2. The topological polar surface area (TPSA) is 77.4 Å². The van der Waals surface area contributed by atoms with Crippen molar-refractivity contribution < 1.29 is 24.2 Å². The molecule has 3 aromatic rings. The molecule has 3 aromatic carbocycles. The third-order valence-corrected chi connectivity index (χ3v) is 4.57. The molecule has 0 radical (unpaired) electrons. The van der Waals surface area contributed by atoms with E-state index in [-0.39, 0.29) is 13.0 Å². The second-order valence-electron chi connectivity index (χ2n) is 6.96. The Balaban J connectivity index is 1.76. The van der Waals surface area contributed by atoms with E-state index >= 15 is 0 Å². The molecule has 0 spiro atoms. The molecule has 0 aromatic heterocycles. The summed E-state index contributed by atoms with van der Waals surface area (Å²) < 4.78 is 11.8. The van der Waals surface area contributed by atoms with Crippen molar-refractivity contribution in [1.82, 2.24) is 0 Å². The summed E-state index contributed by atoms with van der Waals surface area (Å²) in [6.07, 6.45) is 0.760. The van der Waals surface area contributed by atoms with Crippen LogP contribution in [-0.2, 0) is 16.1 Å². The van der Waals surface area contributed by atoms with Crippen LogP contribution in [0.4, 0.5) is 0 Å². The van der Waals surface area contributed by atoms with Crippen molar-refractivity contribution in [2.45, 2.75) is 19.8 Å². The Labute approximate surface area is 192 Å². The molecule has 0 amide bonds. The van der Waals surface area contributed by atoms with Gasteiger partial charge in [-0.1, -0.05) is 47.9 Å². The number of carbonyl (C=O) groups is 1. The van der Waals surface area contributed by atoms with E-state index in [1.807, 2.05) is 31.2 Å². The van der Waals surface area contributed by atoms with E-state index in [1.165, 1.54) is 0 Å². The smallest absolute Gasteiger partial charge is 0.307 e. The zero-order chi connectivity index (χ0) is 22.8. The van der Waals surface area contributed by atoms with Gasteiger partial charge in [-0.25, -0.2) is 0 Å². The van der Waals surface area contributed by atoms with Gasteiger partial charge in [0.05, 0.1) is 6.42 Å². The van der Waals surface area contributed by atoms with Gasteiger partial charge in [0.1, 0.15) is 36.2 Å². The number of benzene rings is 3. The minimum absolute atomic E-state index is 0.0676. The van der Waals surface area contributed by atoms with E-state index < -0.39 is 5.97 Å². The largest absolute Gasteiger partial charge is 0.487 e. The number of hydrogen-bond acceptors (Lipinski definition) is 5. The van der Waals surface area contributed by atoms with Crippen LogP contribution >= 0.6 is 11.6 Å². The van der Waals surface area contributed by atoms with E-state index in [0.717, 1.165) is 12.0 Å². The second kappa shape index (κ2) is 11.8. The number of aliphatic carboxylic acids is 1. The molecule has 0 atom stereocenters. The van der Waals surface area contributed by atoms with Gasteiger partial charge < -0.3 is 19.4 Å². The lowest BCUT2D eigenvalue weighted by molar-refractivity contribution is -0.136. The zero-order valence-electron chi connectivity index (χ0n) is 17.7. The monoisotopic (exact) mass is 453 g/mol. The molecule has 166 valence electrons. The summed E-state index contributed by atoms with van der Waals surface area (Å²) in [5, 5.41) is 13.9. The maximum absolute atomic E-state index is 11.0. The second-order valence-corrected chi connectivity index (χ2v) is 7.40. The van der Waals surface area contributed by atoms with Crippen molar-refractivity contribution in [3.63, 3.8) is 0 Å². The van der Waals surface area contributed by atoms with Crippen LogP contribution in [0.15, 0.2) is 78.0 Å².